The summed E-state index contributed by atoms with van der Waals surface area (Å²) in [5.41, 5.74) is 2.80. The molecule has 3 heterocycles. The first-order valence-corrected chi connectivity index (χ1v) is 9.48. The summed E-state index contributed by atoms with van der Waals surface area (Å²) >= 11 is 0. The normalized spacial score (nSPS) is 11.5. The van der Waals surface area contributed by atoms with Gasteiger partial charge >= 0.3 is 0 Å². The molecule has 8 heteroatoms. The van der Waals surface area contributed by atoms with Crippen LogP contribution in [0.1, 0.15) is 24.2 Å². The highest BCUT2D eigenvalue weighted by molar-refractivity contribution is 6.07. The second kappa shape index (κ2) is 7.77. The molecule has 0 aliphatic carbocycles. The van der Waals surface area contributed by atoms with Crippen molar-refractivity contribution in [2.75, 3.05) is 25.0 Å². The second-order valence-corrected chi connectivity index (χ2v) is 6.50. The van der Waals surface area contributed by atoms with Crippen molar-refractivity contribution in [3.05, 3.63) is 54.5 Å². The molecule has 28 heavy (non-hydrogen) atoms. The Bertz CT molecular complexity index is 1110. The number of hydrogen-bond acceptors (Lipinski definition) is 5. The van der Waals surface area contributed by atoms with Crippen molar-refractivity contribution in [2.24, 2.45) is 0 Å². The van der Waals surface area contributed by atoms with Crippen LogP contribution in [-0.2, 0) is 6.54 Å². The third-order valence-corrected chi connectivity index (χ3v) is 4.94. The van der Waals surface area contributed by atoms with E-state index in [1.54, 1.807) is 23.0 Å². The van der Waals surface area contributed by atoms with E-state index in [0.29, 0.717) is 17.2 Å². The Balaban J connectivity index is 1.66. The van der Waals surface area contributed by atoms with E-state index < -0.39 is 0 Å². The largest absolute Gasteiger partial charge is 0.309 e. The first kappa shape index (κ1) is 18.1. The van der Waals surface area contributed by atoms with Gasteiger partial charge in [-0.05, 0) is 31.3 Å². The number of nitrogens with one attached hydrogen (secondary N) is 1. The van der Waals surface area contributed by atoms with Gasteiger partial charge in [-0.2, -0.15) is 5.10 Å². The zero-order valence-corrected chi connectivity index (χ0v) is 16.0. The average molecular weight is 377 g/mol. The summed E-state index contributed by atoms with van der Waals surface area (Å²) in [5, 5.41) is 7.14. The maximum Gasteiger partial charge on any atom is 0.263 e. The van der Waals surface area contributed by atoms with Crippen molar-refractivity contribution >= 4 is 28.5 Å². The predicted octanol–water partition coefficient (Wildman–Crippen LogP) is 2.67. The van der Waals surface area contributed by atoms with Crippen LogP contribution in [-0.4, -0.2) is 54.6 Å². The van der Waals surface area contributed by atoms with Crippen molar-refractivity contribution < 1.29 is 4.79 Å². The van der Waals surface area contributed by atoms with E-state index >= 15 is 0 Å². The Morgan fingerprint density at radius 1 is 1.18 bits per heavy atom. The van der Waals surface area contributed by atoms with E-state index in [1.165, 1.54) is 6.20 Å². The van der Waals surface area contributed by atoms with Gasteiger partial charge in [0.2, 0.25) is 5.95 Å². The Hall–Kier alpha value is -3.26. The Morgan fingerprint density at radius 3 is 2.82 bits per heavy atom. The van der Waals surface area contributed by atoms with Crippen LogP contribution >= 0.6 is 0 Å². The van der Waals surface area contributed by atoms with E-state index in [4.69, 9.17) is 0 Å². The lowest BCUT2D eigenvalue weighted by atomic mass is 10.3. The molecule has 0 aliphatic heterocycles. The van der Waals surface area contributed by atoms with Crippen molar-refractivity contribution in [2.45, 2.75) is 20.4 Å². The monoisotopic (exact) mass is 377 g/mol. The van der Waals surface area contributed by atoms with Gasteiger partial charge < -0.3 is 9.47 Å². The van der Waals surface area contributed by atoms with Crippen LogP contribution in [0.15, 0.2) is 48.9 Å². The zero-order chi connectivity index (χ0) is 19.5. The van der Waals surface area contributed by atoms with Crippen LogP contribution in [0.4, 0.5) is 5.95 Å². The molecule has 1 amide bonds. The van der Waals surface area contributed by atoms with Gasteiger partial charge in [0.15, 0.2) is 5.65 Å². The average Bonchev–Trinajstić information content (AvgIpc) is 3.30. The number of rotatable bonds is 7. The molecule has 1 aromatic carbocycles. The summed E-state index contributed by atoms with van der Waals surface area (Å²) in [5.74, 6) is 0.265. The van der Waals surface area contributed by atoms with Crippen molar-refractivity contribution in [3.8, 4) is 0 Å². The summed E-state index contributed by atoms with van der Waals surface area (Å²) < 4.78 is 3.64. The van der Waals surface area contributed by atoms with Crippen LogP contribution in [0.25, 0.3) is 16.7 Å². The SMILES string of the molecule is CCN(CC)CCn1c(NC(=O)c2cnn3cccnc23)nc2ccccc21. The lowest BCUT2D eigenvalue weighted by Crippen LogP contribution is -2.27. The topological polar surface area (TPSA) is 80.3 Å². The zero-order valence-electron chi connectivity index (χ0n) is 16.0. The lowest BCUT2D eigenvalue weighted by Gasteiger charge is -2.19. The minimum Gasteiger partial charge on any atom is -0.309 e. The predicted molar refractivity (Wildman–Crippen MR) is 108 cm³/mol. The minimum absolute atomic E-state index is 0.270. The molecule has 144 valence electrons. The molecule has 0 saturated carbocycles. The summed E-state index contributed by atoms with van der Waals surface area (Å²) in [7, 11) is 0. The number of amides is 1. The number of nitrogens with zero attached hydrogens (tertiary/aromatic N) is 6. The van der Waals surface area contributed by atoms with Gasteiger partial charge in [-0.1, -0.05) is 26.0 Å². The first-order chi connectivity index (χ1) is 13.7. The third kappa shape index (κ3) is 3.34. The molecule has 0 unspecified atom stereocenters. The number of benzene rings is 1. The van der Waals surface area contributed by atoms with Crippen molar-refractivity contribution in [3.63, 3.8) is 0 Å². The first-order valence-electron chi connectivity index (χ1n) is 9.48. The maximum atomic E-state index is 12.9. The highest BCUT2D eigenvalue weighted by Gasteiger charge is 2.18. The van der Waals surface area contributed by atoms with E-state index in [2.05, 4.69) is 43.7 Å². The van der Waals surface area contributed by atoms with Gasteiger partial charge in [-0.15, -0.1) is 0 Å². The highest BCUT2D eigenvalue weighted by Crippen LogP contribution is 2.20. The smallest absolute Gasteiger partial charge is 0.263 e. The quantitative estimate of drug-likeness (QED) is 0.536. The van der Waals surface area contributed by atoms with Gasteiger partial charge in [-0.3, -0.25) is 10.1 Å². The van der Waals surface area contributed by atoms with Gasteiger partial charge in [0.25, 0.3) is 5.91 Å². The van der Waals surface area contributed by atoms with Crippen molar-refractivity contribution in [1.82, 2.24) is 29.0 Å². The standard InChI is InChI=1S/C20H23N7O/c1-3-25(4-2)12-13-26-17-9-6-5-8-16(17)23-20(26)24-19(28)15-14-22-27-11-7-10-21-18(15)27/h5-11,14H,3-4,12-13H2,1-2H3,(H,23,24,28). The molecule has 0 bridgehead atoms. The number of imidazole rings is 1. The fraction of sp³-hybridized carbons (Fsp3) is 0.300. The van der Waals surface area contributed by atoms with Crippen LogP contribution in [0.2, 0.25) is 0 Å². The maximum absolute atomic E-state index is 12.9. The minimum atomic E-state index is -0.270. The lowest BCUT2D eigenvalue weighted by molar-refractivity contribution is 0.102. The molecule has 0 spiro atoms. The number of likely N-dealkylation sites (N-methyl/N-ethyl adjacent to an activating group) is 1. The number of hydrogen-bond donors (Lipinski definition) is 1. The van der Waals surface area contributed by atoms with Crippen LogP contribution in [0.3, 0.4) is 0 Å². The van der Waals surface area contributed by atoms with Gasteiger partial charge in [0, 0.05) is 25.5 Å². The Kier molecular flexibility index (Phi) is 5.03. The Morgan fingerprint density at radius 2 is 2.00 bits per heavy atom. The summed E-state index contributed by atoms with van der Waals surface area (Å²) in [6.07, 6.45) is 4.94. The number of carbonyl (C=O) groups is 1. The number of aromatic nitrogens is 5. The molecule has 4 aromatic rings. The fourth-order valence-corrected chi connectivity index (χ4v) is 3.33. The van der Waals surface area contributed by atoms with Gasteiger partial charge in [0.1, 0.15) is 5.56 Å². The summed E-state index contributed by atoms with van der Waals surface area (Å²) in [4.78, 5) is 24.1. The summed E-state index contributed by atoms with van der Waals surface area (Å²) in [6, 6.07) is 9.69. The number of anilines is 1. The van der Waals surface area contributed by atoms with E-state index in [9.17, 15) is 4.79 Å². The second-order valence-electron chi connectivity index (χ2n) is 6.50. The molecule has 0 aliphatic rings. The number of carbonyl (C=O) groups excluding carboxylic acids is 1. The van der Waals surface area contributed by atoms with Crippen LogP contribution in [0, 0.1) is 0 Å². The molecule has 4 rings (SSSR count). The van der Waals surface area contributed by atoms with E-state index in [-0.39, 0.29) is 5.91 Å². The molecule has 1 N–H and O–H groups in total. The number of fused-ring (bicyclic) bond motifs is 2. The summed E-state index contributed by atoms with van der Waals surface area (Å²) in [6.45, 7) is 7.89. The Labute approximate surface area is 162 Å². The molecule has 0 saturated heterocycles. The van der Waals surface area contributed by atoms with Crippen LogP contribution < -0.4 is 5.32 Å². The van der Waals surface area contributed by atoms with E-state index in [0.717, 1.165) is 37.2 Å². The van der Waals surface area contributed by atoms with Gasteiger partial charge in [-0.25, -0.2) is 14.5 Å². The molecule has 0 atom stereocenters. The van der Waals surface area contributed by atoms with E-state index in [1.807, 2.05) is 24.3 Å². The molecular formula is C20H23N7O. The molecule has 0 radical (unpaired) electrons. The molecule has 3 aromatic heterocycles. The third-order valence-electron chi connectivity index (χ3n) is 4.94. The molecular weight excluding hydrogens is 354 g/mol. The number of para-hydroxylation sites is 2. The highest BCUT2D eigenvalue weighted by atomic mass is 16.1. The molecule has 0 fully saturated rings. The fourth-order valence-electron chi connectivity index (χ4n) is 3.33. The van der Waals surface area contributed by atoms with Crippen molar-refractivity contribution in [1.29, 1.82) is 0 Å². The molecule has 8 nitrogen and oxygen atoms in total. The van der Waals surface area contributed by atoms with Gasteiger partial charge in [0.05, 0.1) is 17.2 Å². The van der Waals surface area contributed by atoms with Crippen LogP contribution in [0.5, 0.6) is 0 Å².